The van der Waals surface area contributed by atoms with E-state index in [4.69, 9.17) is 10.5 Å². The van der Waals surface area contributed by atoms with Gasteiger partial charge in [-0.15, -0.1) is 11.8 Å². The first kappa shape index (κ1) is 13.6. The van der Waals surface area contributed by atoms with Gasteiger partial charge in [-0.1, -0.05) is 18.2 Å². The molecule has 1 rings (SSSR count). The first-order chi connectivity index (χ1) is 8.18. The lowest BCUT2D eigenvalue weighted by Gasteiger charge is -2.02. The minimum atomic E-state index is -0.366. The Labute approximate surface area is 106 Å². The minimum Gasteiger partial charge on any atom is -0.462 e. The van der Waals surface area contributed by atoms with Crippen LogP contribution in [0.3, 0.4) is 0 Å². The Morgan fingerprint density at radius 3 is 2.76 bits per heavy atom. The molecular formula is C13H17NO2S. The fourth-order valence-corrected chi connectivity index (χ4v) is 2.01. The number of nitrogens with two attached hydrogens (primary N) is 1. The van der Waals surface area contributed by atoms with Crippen molar-refractivity contribution in [1.82, 2.24) is 0 Å². The number of carbonyl (C=O) groups is 1. The van der Waals surface area contributed by atoms with Gasteiger partial charge in [-0.05, 0) is 25.5 Å². The topological polar surface area (TPSA) is 52.3 Å². The first-order valence-electron chi connectivity index (χ1n) is 5.47. The van der Waals surface area contributed by atoms with E-state index >= 15 is 0 Å². The summed E-state index contributed by atoms with van der Waals surface area (Å²) in [5.41, 5.74) is 5.82. The molecule has 1 aromatic rings. The molecular weight excluding hydrogens is 234 g/mol. The summed E-state index contributed by atoms with van der Waals surface area (Å²) >= 11 is 1.75. The number of rotatable bonds is 6. The van der Waals surface area contributed by atoms with Crippen molar-refractivity contribution in [2.75, 3.05) is 12.4 Å². The Kier molecular flexibility index (Phi) is 6.25. The van der Waals surface area contributed by atoms with Crippen molar-refractivity contribution in [1.29, 1.82) is 0 Å². The van der Waals surface area contributed by atoms with Crippen LogP contribution in [0.15, 0.2) is 47.0 Å². The van der Waals surface area contributed by atoms with E-state index < -0.39 is 0 Å². The molecule has 0 aliphatic rings. The number of hydrogen-bond acceptors (Lipinski definition) is 4. The number of ether oxygens (including phenoxy) is 1. The Balaban J connectivity index is 2.09. The summed E-state index contributed by atoms with van der Waals surface area (Å²) in [5.74, 6) is 0.567. The highest BCUT2D eigenvalue weighted by Gasteiger charge is 1.98. The highest BCUT2D eigenvalue weighted by Crippen LogP contribution is 2.17. The van der Waals surface area contributed by atoms with Crippen LogP contribution in [-0.2, 0) is 9.53 Å². The maximum Gasteiger partial charge on any atom is 0.332 e. The lowest BCUT2D eigenvalue weighted by molar-refractivity contribution is -0.137. The molecule has 0 fully saturated rings. The third kappa shape index (κ3) is 6.68. The molecule has 2 N–H and O–H groups in total. The van der Waals surface area contributed by atoms with Gasteiger partial charge in [0.25, 0.3) is 0 Å². The number of allylic oxidation sites excluding steroid dienone is 1. The molecule has 0 saturated carbocycles. The zero-order valence-corrected chi connectivity index (χ0v) is 10.7. The van der Waals surface area contributed by atoms with Crippen LogP contribution in [0, 0.1) is 0 Å². The lowest BCUT2D eigenvalue weighted by atomic mass is 10.4. The van der Waals surface area contributed by atoms with E-state index in [0.29, 0.717) is 12.3 Å². The molecule has 4 heteroatoms. The van der Waals surface area contributed by atoms with Crippen LogP contribution in [0.5, 0.6) is 0 Å². The number of thioether (sulfide) groups is 1. The van der Waals surface area contributed by atoms with Crippen molar-refractivity contribution >= 4 is 17.7 Å². The van der Waals surface area contributed by atoms with Gasteiger partial charge in [0.2, 0.25) is 0 Å². The molecule has 0 radical (unpaired) electrons. The first-order valence-corrected chi connectivity index (χ1v) is 6.45. The van der Waals surface area contributed by atoms with Crippen LogP contribution < -0.4 is 5.73 Å². The second-order valence-electron chi connectivity index (χ2n) is 3.57. The van der Waals surface area contributed by atoms with Crippen LogP contribution in [0.25, 0.3) is 0 Å². The summed E-state index contributed by atoms with van der Waals surface area (Å²) in [6.07, 6.45) is 2.13. The van der Waals surface area contributed by atoms with Gasteiger partial charge in [0.15, 0.2) is 0 Å². The number of carbonyl (C=O) groups excluding carboxylic acids is 1. The van der Waals surface area contributed by atoms with Crippen LogP contribution in [-0.4, -0.2) is 18.3 Å². The monoisotopic (exact) mass is 251 g/mol. The summed E-state index contributed by atoms with van der Waals surface area (Å²) in [4.78, 5) is 12.3. The van der Waals surface area contributed by atoms with Crippen LogP contribution in [0.4, 0.5) is 0 Å². The molecule has 0 amide bonds. The Hall–Kier alpha value is -1.42. The molecule has 0 aliphatic heterocycles. The van der Waals surface area contributed by atoms with Gasteiger partial charge in [0, 0.05) is 22.4 Å². The molecule has 0 atom stereocenters. The fourth-order valence-electron chi connectivity index (χ4n) is 1.17. The highest BCUT2D eigenvalue weighted by atomic mass is 32.2. The van der Waals surface area contributed by atoms with Crippen molar-refractivity contribution in [3.8, 4) is 0 Å². The van der Waals surface area contributed by atoms with E-state index in [1.807, 2.05) is 18.2 Å². The van der Waals surface area contributed by atoms with E-state index in [2.05, 4.69) is 12.1 Å². The summed E-state index contributed by atoms with van der Waals surface area (Å²) in [7, 11) is 0. The van der Waals surface area contributed by atoms with E-state index in [-0.39, 0.29) is 5.97 Å². The van der Waals surface area contributed by atoms with E-state index in [1.54, 1.807) is 18.7 Å². The Bertz CT molecular complexity index is 372. The second kappa shape index (κ2) is 7.79. The summed E-state index contributed by atoms with van der Waals surface area (Å²) in [6, 6.07) is 10.1. The van der Waals surface area contributed by atoms with Crippen molar-refractivity contribution < 1.29 is 9.53 Å². The zero-order valence-electron chi connectivity index (χ0n) is 9.89. The van der Waals surface area contributed by atoms with Crippen LogP contribution >= 0.6 is 11.8 Å². The van der Waals surface area contributed by atoms with Gasteiger partial charge in [-0.2, -0.15) is 0 Å². The van der Waals surface area contributed by atoms with Crippen molar-refractivity contribution in [3.63, 3.8) is 0 Å². The predicted octanol–water partition coefficient (Wildman–Crippen LogP) is 2.57. The van der Waals surface area contributed by atoms with Gasteiger partial charge in [0.05, 0.1) is 6.61 Å². The maximum absolute atomic E-state index is 11.1. The van der Waals surface area contributed by atoms with Crippen molar-refractivity contribution in [3.05, 3.63) is 42.1 Å². The summed E-state index contributed by atoms with van der Waals surface area (Å²) in [6.45, 7) is 2.09. The number of benzene rings is 1. The van der Waals surface area contributed by atoms with Gasteiger partial charge in [-0.25, -0.2) is 4.79 Å². The van der Waals surface area contributed by atoms with E-state index in [0.717, 1.165) is 12.2 Å². The average molecular weight is 251 g/mol. The number of hydrogen-bond donors (Lipinski definition) is 1. The molecule has 0 bridgehead atoms. The maximum atomic E-state index is 11.1. The standard InChI is InChI=1S/C13H17NO2S/c1-11(14)10-13(15)16-8-5-9-17-12-6-3-2-4-7-12/h2-4,6-7,10H,5,8-9,14H2,1H3/b11-10-. The van der Waals surface area contributed by atoms with Gasteiger partial charge in [0.1, 0.15) is 0 Å². The van der Waals surface area contributed by atoms with Crippen molar-refractivity contribution in [2.24, 2.45) is 5.73 Å². The molecule has 92 valence electrons. The summed E-state index contributed by atoms with van der Waals surface area (Å²) < 4.78 is 4.98. The largest absolute Gasteiger partial charge is 0.462 e. The Morgan fingerprint density at radius 2 is 2.12 bits per heavy atom. The quantitative estimate of drug-likeness (QED) is 0.365. The molecule has 0 saturated heterocycles. The molecule has 0 spiro atoms. The molecule has 0 heterocycles. The van der Waals surface area contributed by atoms with Gasteiger partial charge >= 0.3 is 5.97 Å². The van der Waals surface area contributed by atoms with Gasteiger partial charge in [-0.3, -0.25) is 0 Å². The summed E-state index contributed by atoms with van der Waals surface area (Å²) in [5, 5.41) is 0. The molecule has 0 unspecified atom stereocenters. The second-order valence-corrected chi connectivity index (χ2v) is 4.74. The average Bonchev–Trinajstić information content (AvgIpc) is 2.29. The van der Waals surface area contributed by atoms with E-state index in [9.17, 15) is 4.79 Å². The lowest BCUT2D eigenvalue weighted by Crippen LogP contribution is -2.05. The molecule has 0 aromatic heterocycles. The number of esters is 1. The fraction of sp³-hybridized carbons (Fsp3) is 0.308. The molecule has 1 aromatic carbocycles. The molecule has 3 nitrogen and oxygen atoms in total. The third-order valence-corrected chi connectivity index (χ3v) is 2.99. The zero-order chi connectivity index (χ0) is 12.5. The molecule has 17 heavy (non-hydrogen) atoms. The van der Waals surface area contributed by atoms with E-state index in [1.165, 1.54) is 11.0 Å². The Morgan fingerprint density at radius 1 is 1.41 bits per heavy atom. The SMILES string of the molecule is C/C(N)=C/C(=O)OCCCSc1ccccc1. The van der Waals surface area contributed by atoms with Crippen LogP contribution in [0.2, 0.25) is 0 Å². The highest BCUT2D eigenvalue weighted by molar-refractivity contribution is 7.99. The predicted molar refractivity (Wildman–Crippen MR) is 70.7 cm³/mol. The van der Waals surface area contributed by atoms with Crippen molar-refractivity contribution in [2.45, 2.75) is 18.2 Å². The van der Waals surface area contributed by atoms with Gasteiger partial charge < -0.3 is 10.5 Å². The van der Waals surface area contributed by atoms with Crippen LogP contribution in [0.1, 0.15) is 13.3 Å². The normalized spacial score (nSPS) is 11.2. The molecule has 0 aliphatic carbocycles. The minimum absolute atomic E-state index is 0.366. The third-order valence-electron chi connectivity index (χ3n) is 1.89. The smallest absolute Gasteiger partial charge is 0.332 e.